The zero-order valence-electron chi connectivity index (χ0n) is 3.84. The Kier molecular flexibility index (Phi) is 13.2. The van der Waals surface area contributed by atoms with E-state index in [0.717, 1.165) is 0 Å². The molecule has 0 aromatic heterocycles. The molecule has 0 atom stereocenters. The van der Waals surface area contributed by atoms with Crippen LogP contribution in [0.2, 0.25) is 0 Å². The Morgan fingerprint density at radius 1 is 1.57 bits per heavy atom. The minimum absolute atomic E-state index is 0.0833. The van der Waals surface area contributed by atoms with E-state index in [4.69, 9.17) is 6.80 Å². The van der Waals surface area contributed by atoms with Crippen molar-refractivity contribution in [2.45, 2.75) is 6.92 Å². The van der Waals surface area contributed by atoms with E-state index in [-0.39, 0.29) is 5.78 Å². The number of hydrogen-bond donors (Lipinski definition) is 0. The standard InChI is InChI=1S/C3H5O.Mo.2O/c1-3(2)4;;;/h1H2,2H3;;;/q-1;;;. The zero-order valence-corrected chi connectivity index (χ0v) is 5.85. The zero-order chi connectivity index (χ0) is 6.28. The summed E-state index contributed by atoms with van der Waals surface area (Å²) in [7, 11) is 0. The van der Waals surface area contributed by atoms with Gasteiger partial charge in [0.15, 0.2) is 0 Å². The first kappa shape index (κ1) is 9.95. The summed E-state index contributed by atoms with van der Waals surface area (Å²) in [6, 6.07) is 0. The Bertz CT molecular complexity index is 78.2. The van der Waals surface area contributed by atoms with Crippen molar-refractivity contribution in [1.82, 2.24) is 0 Å². The fourth-order valence-electron chi connectivity index (χ4n) is 0. The van der Waals surface area contributed by atoms with Gasteiger partial charge in [0.1, 0.15) is 0 Å². The first-order valence-corrected chi connectivity index (χ1v) is 3.03. The van der Waals surface area contributed by atoms with Crippen LogP contribution in [0.25, 0.3) is 0 Å². The molecule has 0 aromatic rings. The average molecular weight is 185 g/mol. The first-order valence-electron chi connectivity index (χ1n) is 1.39. The number of Topliss-reactive ketones (excluding diaryl/α,β-unsaturated/α-hetero) is 1. The quantitative estimate of drug-likeness (QED) is 0.399. The second-order valence-corrected chi connectivity index (χ2v) is 1.10. The molecule has 4 heteroatoms. The number of ketones is 1. The molecule has 0 radical (unpaired) electrons. The van der Waals surface area contributed by atoms with Gasteiger partial charge in [-0.25, -0.2) is 0 Å². The van der Waals surface area contributed by atoms with E-state index < -0.39 is 18.5 Å². The Balaban J connectivity index is 0. The predicted molar refractivity (Wildman–Crippen MR) is 17.4 cm³/mol. The molecular formula is C3H5MoO3-. The monoisotopic (exact) mass is 187 g/mol. The molecule has 0 saturated heterocycles. The van der Waals surface area contributed by atoms with Crippen molar-refractivity contribution in [2.24, 2.45) is 0 Å². The molecule has 0 saturated carbocycles. The van der Waals surface area contributed by atoms with Crippen molar-refractivity contribution >= 4 is 5.78 Å². The second kappa shape index (κ2) is 9.27. The molecule has 0 aliphatic carbocycles. The van der Waals surface area contributed by atoms with Gasteiger partial charge in [-0.2, -0.15) is 0 Å². The van der Waals surface area contributed by atoms with Crippen LogP contribution in [0.5, 0.6) is 0 Å². The van der Waals surface area contributed by atoms with Gasteiger partial charge in [-0.3, -0.25) is 0 Å². The predicted octanol–water partition coefficient (Wildman–Crippen LogP) is 0.169. The summed E-state index contributed by atoms with van der Waals surface area (Å²) in [6.45, 7) is 4.42. The Morgan fingerprint density at radius 2 is 1.57 bits per heavy atom. The topological polar surface area (TPSA) is 51.2 Å². The molecule has 0 unspecified atom stereocenters. The fraction of sp³-hybridized carbons (Fsp3) is 0.333. The van der Waals surface area contributed by atoms with Crippen molar-refractivity contribution in [3.63, 3.8) is 0 Å². The van der Waals surface area contributed by atoms with Gasteiger partial charge >= 0.3 is 25.3 Å². The van der Waals surface area contributed by atoms with Crippen molar-refractivity contribution in [3.05, 3.63) is 6.92 Å². The molecule has 0 N–H and O–H groups in total. The van der Waals surface area contributed by atoms with E-state index in [2.05, 4.69) is 6.92 Å². The third-order valence-corrected chi connectivity index (χ3v) is 0. The summed E-state index contributed by atoms with van der Waals surface area (Å²) in [5, 5.41) is 0. The van der Waals surface area contributed by atoms with Gasteiger partial charge in [-0.15, -0.1) is 0 Å². The molecule has 0 rings (SSSR count). The second-order valence-electron chi connectivity index (χ2n) is 0.770. The molecule has 0 spiro atoms. The van der Waals surface area contributed by atoms with Crippen LogP contribution < -0.4 is 0 Å². The van der Waals surface area contributed by atoms with Crippen LogP contribution in [0.4, 0.5) is 0 Å². The molecule has 42 valence electrons. The summed E-state index contributed by atoms with van der Waals surface area (Å²) < 4.78 is 17.0. The molecular weight excluding hydrogens is 180 g/mol. The number of rotatable bonds is 0. The van der Waals surface area contributed by atoms with Gasteiger partial charge in [-0.1, -0.05) is 0 Å². The summed E-state index contributed by atoms with van der Waals surface area (Å²) >= 11 is -2.03. The summed E-state index contributed by atoms with van der Waals surface area (Å²) in [5.74, 6) is -0.0833. The van der Waals surface area contributed by atoms with E-state index in [1.807, 2.05) is 0 Å². The van der Waals surface area contributed by atoms with Crippen LogP contribution >= 0.6 is 0 Å². The number of hydrogen-bond acceptors (Lipinski definition) is 3. The van der Waals surface area contributed by atoms with Gasteiger partial charge < -0.3 is 11.7 Å². The summed E-state index contributed by atoms with van der Waals surface area (Å²) in [4.78, 5) is 9.33. The Labute approximate surface area is 50.2 Å². The van der Waals surface area contributed by atoms with Crippen LogP contribution in [0.3, 0.4) is 0 Å². The molecule has 0 aliphatic heterocycles. The van der Waals surface area contributed by atoms with Crippen molar-refractivity contribution in [1.29, 1.82) is 0 Å². The normalized spacial score (nSPS) is 5.29. The van der Waals surface area contributed by atoms with E-state index in [1.54, 1.807) is 0 Å². The molecule has 3 nitrogen and oxygen atoms in total. The van der Waals surface area contributed by atoms with Crippen molar-refractivity contribution < 1.29 is 30.1 Å². The van der Waals surface area contributed by atoms with Gasteiger partial charge in [0.05, 0.1) is 0 Å². The van der Waals surface area contributed by atoms with Crippen LogP contribution in [0.1, 0.15) is 6.92 Å². The summed E-state index contributed by atoms with van der Waals surface area (Å²) in [6.07, 6.45) is 0. The van der Waals surface area contributed by atoms with E-state index in [0.29, 0.717) is 0 Å². The SMILES string of the molecule is [CH2-]C(C)=O.[O]=[Mo]=[O]. The van der Waals surface area contributed by atoms with Crippen LogP contribution in [0.15, 0.2) is 0 Å². The molecule has 7 heavy (non-hydrogen) atoms. The first-order chi connectivity index (χ1) is 3.15. The Morgan fingerprint density at radius 3 is 1.57 bits per heavy atom. The molecule has 0 bridgehead atoms. The maximum atomic E-state index is 9.33. The third kappa shape index (κ3) is 2900. The number of carbonyl (C=O) groups excluding carboxylic acids is 1. The van der Waals surface area contributed by atoms with Crippen LogP contribution in [0, 0.1) is 6.92 Å². The number of carbonyl (C=O) groups is 1. The fourth-order valence-corrected chi connectivity index (χ4v) is 0. The summed E-state index contributed by atoms with van der Waals surface area (Å²) in [5.41, 5.74) is 0. The van der Waals surface area contributed by atoms with Gasteiger partial charge in [0, 0.05) is 0 Å². The van der Waals surface area contributed by atoms with E-state index in [9.17, 15) is 4.79 Å². The Hall–Kier alpha value is -0.172. The molecule has 0 aliphatic rings. The third-order valence-electron chi connectivity index (χ3n) is 0. The molecule has 0 fully saturated rings. The van der Waals surface area contributed by atoms with Gasteiger partial charge in [0.2, 0.25) is 0 Å². The van der Waals surface area contributed by atoms with Gasteiger partial charge in [0.25, 0.3) is 0 Å². The van der Waals surface area contributed by atoms with Crippen molar-refractivity contribution in [3.8, 4) is 0 Å². The van der Waals surface area contributed by atoms with Crippen molar-refractivity contribution in [2.75, 3.05) is 0 Å². The van der Waals surface area contributed by atoms with Crippen LogP contribution in [-0.2, 0) is 30.1 Å². The maximum absolute atomic E-state index is 9.33. The van der Waals surface area contributed by atoms with E-state index >= 15 is 0 Å². The molecule has 0 heterocycles. The minimum atomic E-state index is -2.03. The molecule has 0 aromatic carbocycles. The average Bonchev–Trinajstić information content (AvgIpc) is 1.33. The van der Waals surface area contributed by atoms with Gasteiger partial charge in [-0.05, 0) is 12.7 Å². The molecule has 0 amide bonds. The van der Waals surface area contributed by atoms with E-state index in [1.165, 1.54) is 6.92 Å². The van der Waals surface area contributed by atoms with Crippen LogP contribution in [-0.4, -0.2) is 5.78 Å².